The molecule has 1 spiro atoms. The van der Waals surface area contributed by atoms with Gasteiger partial charge >= 0.3 is 0 Å². The van der Waals surface area contributed by atoms with Gasteiger partial charge in [-0.05, 0) is 55.7 Å². The average molecular weight is 311 g/mol. The zero-order valence-electron chi connectivity index (χ0n) is 12.3. The molecular formula is C17H23ClO3. The molecular weight excluding hydrogens is 288 g/mol. The predicted octanol–water partition coefficient (Wildman–Crippen LogP) is 3.22. The summed E-state index contributed by atoms with van der Waals surface area (Å²) in [6.07, 6.45) is 4.18. The third kappa shape index (κ3) is 3.78. The Morgan fingerprint density at radius 2 is 1.90 bits per heavy atom. The minimum absolute atomic E-state index is 0.0534. The number of rotatable bonds is 3. The van der Waals surface area contributed by atoms with Crippen LogP contribution in [0.5, 0.6) is 0 Å². The summed E-state index contributed by atoms with van der Waals surface area (Å²) in [6.45, 7) is 2.31. The number of hydrogen-bond acceptors (Lipinski definition) is 3. The Balaban J connectivity index is 1.61. The van der Waals surface area contributed by atoms with Gasteiger partial charge in [-0.15, -0.1) is 0 Å². The van der Waals surface area contributed by atoms with Gasteiger partial charge in [0.05, 0.1) is 11.7 Å². The van der Waals surface area contributed by atoms with Gasteiger partial charge in [-0.25, -0.2) is 0 Å². The number of aliphatic hydroxyl groups excluding tert-OH is 1. The highest BCUT2D eigenvalue weighted by Gasteiger charge is 2.40. The minimum atomic E-state index is -0.310. The summed E-state index contributed by atoms with van der Waals surface area (Å²) in [5.41, 5.74) is 1.08. The molecule has 2 aliphatic rings. The Morgan fingerprint density at radius 3 is 2.62 bits per heavy atom. The minimum Gasteiger partial charge on any atom is -0.392 e. The van der Waals surface area contributed by atoms with Gasteiger partial charge < -0.3 is 14.6 Å². The molecule has 0 aliphatic carbocycles. The summed E-state index contributed by atoms with van der Waals surface area (Å²) < 4.78 is 11.5. The van der Waals surface area contributed by atoms with Gasteiger partial charge in [0.15, 0.2) is 0 Å². The Morgan fingerprint density at radius 1 is 1.19 bits per heavy atom. The smallest absolute Gasteiger partial charge is 0.0730 e. The fourth-order valence-electron chi connectivity index (χ4n) is 3.51. The van der Waals surface area contributed by atoms with Crippen LogP contribution in [0.25, 0.3) is 0 Å². The van der Waals surface area contributed by atoms with Crippen molar-refractivity contribution in [3.8, 4) is 0 Å². The lowest BCUT2D eigenvalue weighted by Gasteiger charge is -2.44. The van der Waals surface area contributed by atoms with Crippen molar-refractivity contribution in [2.24, 2.45) is 5.92 Å². The first-order chi connectivity index (χ1) is 10.2. The van der Waals surface area contributed by atoms with Crippen LogP contribution in [0.4, 0.5) is 0 Å². The molecule has 1 aromatic carbocycles. The van der Waals surface area contributed by atoms with Gasteiger partial charge in [-0.2, -0.15) is 0 Å². The van der Waals surface area contributed by atoms with Crippen LogP contribution in [0.1, 0.15) is 31.2 Å². The van der Waals surface area contributed by atoms with Crippen LogP contribution < -0.4 is 0 Å². The molecule has 116 valence electrons. The number of halogens is 1. The lowest BCUT2D eigenvalue weighted by molar-refractivity contribution is -0.158. The van der Waals surface area contributed by atoms with Gasteiger partial charge in [0.2, 0.25) is 0 Å². The van der Waals surface area contributed by atoms with Crippen LogP contribution >= 0.6 is 11.6 Å². The Kier molecular flexibility index (Phi) is 4.85. The maximum Gasteiger partial charge on any atom is 0.0730 e. The second-order valence-electron chi connectivity index (χ2n) is 6.29. The maximum atomic E-state index is 10.6. The fourth-order valence-corrected chi connectivity index (χ4v) is 3.64. The van der Waals surface area contributed by atoms with E-state index in [2.05, 4.69) is 0 Å². The molecule has 2 heterocycles. The molecule has 0 radical (unpaired) electrons. The van der Waals surface area contributed by atoms with Gasteiger partial charge in [0.25, 0.3) is 0 Å². The summed E-state index contributed by atoms with van der Waals surface area (Å²) in [5, 5.41) is 11.3. The largest absolute Gasteiger partial charge is 0.392 e. The monoisotopic (exact) mass is 310 g/mol. The lowest BCUT2D eigenvalue weighted by atomic mass is 9.77. The molecule has 1 N–H and O–H groups in total. The van der Waals surface area contributed by atoms with Crippen LogP contribution in [0.2, 0.25) is 5.02 Å². The van der Waals surface area contributed by atoms with Gasteiger partial charge in [0.1, 0.15) is 0 Å². The van der Waals surface area contributed by atoms with Crippen LogP contribution in [-0.4, -0.2) is 36.6 Å². The van der Waals surface area contributed by atoms with Crippen LogP contribution in [0.15, 0.2) is 24.3 Å². The van der Waals surface area contributed by atoms with E-state index in [0.717, 1.165) is 56.1 Å². The van der Waals surface area contributed by atoms with E-state index in [4.69, 9.17) is 21.1 Å². The zero-order valence-corrected chi connectivity index (χ0v) is 13.0. The van der Waals surface area contributed by atoms with E-state index >= 15 is 0 Å². The first kappa shape index (κ1) is 15.3. The second-order valence-corrected chi connectivity index (χ2v) is 6.73. The van der Waals surface area contributed by atoms with E-state index in [9.17, 15) is 5.11 Å². The standard InChI is InChI=1S/C17H23ClO3/c18-15-3-1-13(2-4-15)11-16(19)14-5-8-21-17(12-14)6-9-20-10-7-17/h1-4,14,16,19H,5-12H2. The molecule has 0 amide bonds. The highest BCUT2D eigenvalue weighted by atomic mass is 35.5. The number of hydrogen-bond donors (Lipinski definition) is 1. The highest BCUT2D eigenvalue weighted by Crippen LogP contribution is 2.38. The molecule has 1 aromatic rings. The van der Waals surface area contributed by atoms with Crippen molar-refractivity contribution in [2.75, 3.05) is 19.8 Å². The quantitative estimate of drug-likeness (QED) is 0.931. The van der Waals surface area contributed by atoms with Crippen LogP contribution in [0, 0.1) is 5.92 Å². The summed E-state index contributed by atoms with van der Waals surface area (Å²) in [7, 11) is 0. The van der Waals surface area contributed by atoms with Crippen molar-refractivity contribution in [1.29, 1.82) is 0 Å². The number of aliphatic hydroxyl groups is 1. The van der Waals surface area contributed by atoms with Gasteiger partial charge in [0, 0.05) is 24.8 Å². The maximum absolute atomic E-state index is 10.6. The molecule has 0 aromatic heterocycles. The summed E-state index contributed by atoms with van der Waals surface area (Å²) in [4.78, 5) is 0. The number of ether oxygens (including phenoxy) is 2. The van der Waals surface area contributed by atoms with E-state index in [1.165, 1.54) is 0 Å². The second kappa shape index (κ2) is 6.66. The normalized spacial score (nSPS) is 26.7. The van der Waals surface area contributed by atoms with Crippen molar-refractivity contribution in [1.82, 2.24) is 0 Å². The molecule has 0 bridgehead atoms. The molecule has 0 saturated carbocycles. The third-order valence-corrected chi connectivity index (χ3v) is 5.09. The molecule has 2 fully saturated rings. The van der Waals surface area contributed by atoms with E-state index in [1.807, 2.05) is 24.3 Å². The fraction of sp³-hybridized carbons (Fsp3) is 0.647. The molecule has 2 saturated heterocycles. The Bertz CT molecular complexity index is 448. The van der Waals surface area contributed by atoms with Gasteiger partial charge in [-0.3, -0.25) is 0 Å². The van der Waals surface area contributed by atoms with Crippen molar-refractivity contribution < 1.29 is 14.6 Å². The van der Waals surface area contributed by atoms with Crippen molar-refractivity contribution >= 4 is 11.6 Å². The Hall–Kier alpha value is -0.610. The summed E-state index contributed by atoms with van der Waals surface area (Å²) >= 11 is 5.90. The van der Waals surface area contributed by atoms with E-state index in [1.54, 1.807) is 0 Å². The van der Waals surface area contributed by atoms with Crippen molar-refractivity contribution in [2.45, 2.75) is 43.8 Å². The summed E-state index contributed by atoms with van der Waals surface area (Å²) in [6, 6.07) is 7.76. The average Bonchev–Trinajstić information content (AvgIpc) is 2.50. The molecule has 2 unspecified atom stereocenters. The first-order valence-corrected chi connectivity index (χ1v) is 8.19. The van der Waals surface area contributed by atoms with Crippen LogP contribution in [0.3, 0.4) is 0 Å². The molecule has 4 heteroatoms. The SMILES string of the molecule is OC(Cc1ccc(Cl)cc1)C1CCOC2(CCOCC2)C1. The van der Waals surface area contributed by atoms with E-state index in [0.29, 0.717) is 12.3 Å². The third-order valence-electron chi connectivity index (χ3n) is 4.84. The molecule has 3 nitrogen and oxygen atoms in total. The van der Waals surface area contributed by atoms with Crippen molar-refractivity contribution in [3.05, 3.63) is 34.9 Å². The zero-order chi connectivity index (χ0) is 14.7. The molecule has 21 heavy (non-hydrogen) atoms. The molecule has 2 aliphatic heterocycles. The summed E-state index contributed by atoms with van der Waals surface area (Å²) in [5.74, 6) is 0.313. The first-order valence-electron chi connectivity index (χ1n) is 7.81. The number of benzene rings is 1. The van der Waals surface area contributed by atoms with Crippen LogP contribution in [-0.2, 0) is 15.9 Å². The highest BCUT2D eigenvalue weighted by molar-refractivity contribution is 6.30. The molecule has 3 rings (SSSR count). The van der Waals surface area contributed by atoms with Gasteiger partial charge in [-0.1, -0.05) is 23.7 Å². The lowest BCUT2D eigenvalue weighted by Crippen LogP contribution is -2.47. The molecule has 2 atom stereocenters. The predicted molar refractivity (Wildman–Crippen MR) is 82.6 cm³/mol. The van der Waals surface area contributed by atoms with E-state index in [-0.39, 0.29) is 11.7 Å². The van der Waals surface area contributed by atoms with E-state index < -0.39 is 0 Å². The topological polar surface area (TPSA) is 38.7 Å². The van der Waals surface area contributed by atoms with Crippen molar-refractivity contribution in [3.63, 3.8) is 0 Å². The Labute approximate surface area is 131 Å².